The second-order valence-corrected chi connectivity index (χ2v) is 9.71. The number of fused-ring (bicyclic) bond motifs is 1. The van der Waals surface area contributed by atoms with Gasteiger partial charge in [-0.3, -0.25) is 9.78 Å². The van der Waals surface area contributed by atoms with E-state index >= 15 is 0 Å². The normalized spacial score (nSPS) is 14.6. The van der Waals surface area contributed by atoms with Crippen LogP contribution in [-0.4, -0.2) is 55.0 Å². The Bertz CT molecular complexity index is 1450. The minimum atomic E-state index is -0.303. The Kier molecular flexibility index (Phi) is 11.1. The number of nitriles is 1. The van der Waals surface area contributed by atoms with E-state index < -0.39 is 0 Å². The SMILES string of the molecule is C#Cc1cccc(Nc2c(C#N)cnc3cc(O[C@H]4CCOC4)c(NC(=O)/C=C/CNCCCCCCO)cc23)c1. The van der Waals surface area contributed by atoms with Crippen molar-refractivity contribution in [3.05, 3.63) is 65.9 Å². The highest BCUT2D eigenvalue weighted by atomic mass is 16.5. The summed E-state index contributed by atoms with van der Waals surface area (Å²) in [5.74, 6) is 2.79. The van der Waals surface area contributed by atoms with Gasteiger partial charge in [-0.05, 0) is 43.7 Å². The van der Waals surface area contributed by atoms with Gasteiger partial charge in [0.15, 0.2) is 0 Å². The lowest BCUT2D eigenvalue weighted by Crippen LogP contribution is -2.18. The molecule has 1 aliphatic heterocycles. The Morgan fingerprint density at radius 3 is 2.90 bits per heavy atom. The fourth-order valence-corrected chi connectivity index (χ4v) is 4.49. The number of pyridine rings is 1. The Labute approximate surface area is 240 Å². The van der Waals surface area contributed by atoms with E-state index in [1.54, 1.807) is 18.2 Å². The fraction of sp³-hybridized carbons (Fsp3) is 0.344. The van der Waals surface area contributed by atoms with Crippen LogP contribution >= 0.6 is 0 Å². The van der Waals surface area contributed by atoms with Crippen LogP contribution in [0.3, 0.4) is 0 Å². The molecule has 9 nitrogen and oxygen atoms in total. The van der Waals surface area contributed by atoms with Crippen LogP contribution in [0.5, 0.6) is 5.75 Å². The van der Waals surface area contributed by atoms with Gasteiger partial charge in [-0.25, -0.2) is 0 Å². The monoisotopic (exact) mass is 553 g/mol. The third kappa shape index (κ3) is 8.54. The lowest BCUT2D eigenvalue weighted by Gasteiger charge is -2.18. The van der Waals surface area contributed by atoms with Gasteiger partial charge in [0.1, 0.15) is 17.9 Å². The molecule has 0 spiro atoms. The summed E-state index contributed by atoms with van der Waals surface area (Å²) in [5.41, 5.74) is 3.40. The minimum absolute atomic E-state index is 0.136. The molecule has 0 unspecified atom stereocenters. The summed E-state index contributed by atoms with van der Waals surface area (Å²) in [6.45, 7) is 2.73. The van der Waals surface area contributed by atoms with Gasteiger partial charge >= 0.3 is 0 Å². The molecule has 2 aromatic carbocycles. The van der Waals surface area contributed by atoms with E-state index in [4.69, 9.17) is 21.0 Å². The molecule has 1 aliphatic rings. The predicted octanol–water partition coefficient (Wildman–Crippen LogP) is 4.64. The molecule has 1 fully saturated rings. The molecule has 3 aromatic rings. The molecule has 41 heavy (non-hydrogen) atoms. The molecule has 0 radical (unpaired) electrons. The van der Waals surface area contributed by atoms with Gasteiger partial charge in [-0.2, -0.15) is 5.26 Å². The van der Waals surface area contributed by atoms with Crippen LogP contribution < -0.4 is 20.7 Å². The van der Waals surface area contributed by atoms with Crippen molar-refractivity contribution in [2.75, 3.05) is 43.5 Å². The minimum Gasteiger partial charge on any atom is -0.486 e. The van der Waals surface area contributed by atoms with Crippen molar-refractivity contribution in [2.45, 2.75) is 38.2 Å². The Morgan fingerprint density at radius 2 is 2.12 bits per heavy atom. The predicted molar refractivity (Wildman–Crippen MR) is 160 cm³/mol. The number of hydrogen-bond donors (Lipinski definition) is 4. The van der Waals surface area contributed by atoms with Crippen LogP contribution in [0.4, 0.5) is 17.1 Å². The van der Waals surface area contributed by atoms with Crippen molar-refractivity contribution in [1.29, 1.82) is 5.26 Å². The first-order chi connectivity index (χ1) is 20.1. The summed E-state index contributed by atoms with van der Waals surface area (Å²) in [6.07, 6.45) is 14.9. The van der Waals surface area contributed by atoms with Crippen LogP contribution in [-0.2, 0) is 9.53 Å². The zero-order valence-electron chi connectivity index (χ0n) is 23.0. The van der Waals surface area contributed by atoms with Gasteiger partial charge < -0.3 is 30.5 Å². The van der Waals surface area contributed by atoms with Gasteiger partial charge in [0.2, 0.25) is 5.91 Å². The molecule has 1 amide bonds. The lowest BCUT2D eigenvalue weighted by molar-refractivity contribution is -0.111. The first-order valence-corrected chi connectivity index (χ1v) is 13.9. The number of amides is 1. The van der Waals surface area contributed by atoms with E-state index in [0.717, 1.165) is 44.3 Å². The number of aromatic nitrogens is 1. The molecular formula is C32H35N5O4. The van der Waals surface area contributed by atoms with Crippen LogP contribution in [0.15, 0.2) is 54.7 Å². The number of terminal acetylenes is 1. The van der Waals surface area contributed by atoms with Gasteiger partial charge in [0.05, 0.1) is 35.7 Å². The molecule has 1 atom stereocenters. The van der Waals surface area contributed by atoms with Gasteiger partial charge in [0.25, 0.3) is 0 Å². The maximum Gasteiger partial charge on any atom is 0.248 e. The van der Waals surface area contributed by atoms with Crippen LogP contribution in [0, 0.1) is 23.7 Å². The van der Waals surface area contributed by atoms with E-state index in [1.165, 1.54) is 12.3 Å². The Morgan fingerprint density at radius 1 is 1.24 bits per heavy atom. The van der Waals surface area contributed by atoms with Crippen molar-refractivity contribution < 1.29 is 19.4 Å². The Hall–Kier alpha value is -4.41. The number of rotatable bonds is 14. The highest BCUT2D eigenvalue weighted by Gasteiger charge is 2.21. The summed E-state index contributed by atoms with van der Waals surface area (Å²) in [6, 6.07) is 13.1. The van der Waals surface area contributed by atoms with Gasteiger partial charge in [0, 0.05) is 54.5 Å². The third-order valence-electron chi connectivity index (χ3n) is 6.62. The summed E-state index contributed by atoms with van der Waals surface area (Å²) >= 11 is 0. The quantitative estimate of drug-likeness (QED) is 0.129. The van der Waals surface area contributed by atoms with Crippen molar-refractivity contribution in [1.82, 2.24) is 10.3 Å². The first-order valence-electron chi connectivity index (χ1n) is 13.9. The standard InChI is InChI=1S/C32H35N5O4/c1-2-23-9-7-10-25(17-23)36-32-24(20-33)21-35-28-19-30(41-26-12-16-40-22-26)29(18-27(28)32)37-31(39)11-8-14-34-13-5-3-4-6-15-38/h1,7-11,17-19,21,26,34,38H,3-6,12-16,22H2,(H,35,36)(H,37,39)/b11-8+/t26-/m0/s1. The van der Waals surface area contributed by atoms with Crippen molar-refractivity contribution in [2.24, 2.45) is 0 Å². The number of carbonyl (C=O) groups excluding carboxylic acids is 1. The molecule has 4 N–H and O–H groups in total. The number of anilines is 3. The molecular weight excluding hydrogens is 518 g/mol. The highest BCUT2D eigenvalue weighted by molar-refractivity contribution is 6.04. The number of unbranched alkanes of at least 4 members (excludes halogenated alkanes) is 3. The van der Waals surface area contributed by atoms with E-state index in [0.29, 0.717) is 58.9 Å². The van der Waals surface area contributed by atoms with Crippen LogP contribution in [0.2, 0.25) is 0 Å². The number of carbonyl (C=O) groups is 1. The second-order valence-electron chi connectivity index (χ2n) is 9.71. The average Bonchev–Trinajstić information content (AvgIpc) is 3.50. The summed E-state index contributed by atoms with van der Waals surface area (Å²) in [4.78, 5) is 17.4. The molecule has 9 heteroatoms. The topological polar surface area (TPSA) is 129 Å². The number of hydrogen-bond acceptors (Lipinski definition) is 8. The average molecular weight is 554 g/mol. The number of benzene rings is 2. The summed E-state index contributed by atoms with van der Waals surface area (Å²) < 4.78 is 11.7. The van der Waals surface area contributed by atoms with E-state index in [1.807, 2.05) is 24.3 Å². The number of nitrogens with one attached hydrogen (secondary N) is 3. The van der Waals surface area contributed by atoms with Crippen LogP contribution in [0.25, 0.3) is 10.9 Å². The number of aliphatic hydroxyl groups is 1. The van der Waals surface area contributed by atoms with E-state index in [9.17, 15) is 10.1 Å². The van der Waals surface area contributed by atoms with E-state index in [2.05, 4.69) is 32.9 Å². The van der Waals surface area contributed by atoms with Gasteiger partial charge in [-0.15, -0.1) is 6.42 Å². The maximum atomic E-state index is 12.9. The molecule has 212 valence electrons. The summed E-state index contributed by atoms with van der Waals surface area (Å²) in [5, 5.41) is 28.9. The molecule has 0 bridgehead atoms. The van der Waals surface area contributed by atoms with Gasteiger partial charge in [-0.1, -0.05) is 30.9 Å². The molecule has 1 aromatic heterocycles. The molecule has 0 saturated carbocycles. The largest absolute Gasteiger partial charge is 0.486 e. The lowest BCUT2D eigenvalue weighted by atomic mass is 10.1. The molecule has 2 heterocycles. The van der Waals surface area contributed by atoms with E-state index in [-0.39, 0.29) is 18.6 Å². The number of nitrogens with zero attached hydrogens (tertiary/aromatic N) is 2. The fourth-order valence-electron chi connectivity index (χ4n) is 4.49. The van der Waals surface area contributed by atoms with Crippen molar-refractivity contribution in [3.8, 4) is 24.2 Å². The Balaban J connectivity index is 1.56. The number of ether oxygens (including phenoxy) is 2. The first kappa shape index (κ1) is 29.6. The van der Waals surface area contributed by atoms with Crippen LogP contribution in [0.1, 0.15) is 43.2 Å². The van der Waals surface area contributed by atoms with Crippen molar-refractivity contribution >= 4 is 33.9 Å². The van der Waals surface area contributed by atoms with Crippen molar-refractivity contribution in [3.63, 3.8) is 0 Å². The smallest absolute Gasteiger partial charge is 0.248 e. The molecule has 1 saturated heterocycles. The highest BCUT2D eigenvalue weighted by Crippen LogP contribution is 2.37. The second kappa shape index (κ2) is 15.4. The zero-order valence-corrected chi connectivity index (χ0v) is 23.0. The zero-order chi connectivity index (χ0) is 28.9. The maximum absolute atomic E-state index is 12.9. The number of aliphatic hydroxyl groups excluding tert-OH is 1. The third-order valence-corrected chi connectivity index (χ3v) is 6.62. The molecule has 0 aliphatic carbocycles. The molecule has 4 rings (SSSR count). The summed E-state index contributed by atoms with van der Waals surface area (Å²) in [7, 11) is 0.